The van der Waals surface area contributed by atoms with E-state index in [1.54, 1.807) is 18.3 Å². The second-order valence-corrected chi connectivity index (χ2v) is 6.09. The van der Waals surface area contributed by atoms with Gasteiger partial charge in [0.15, 0.2) is 5.78 Å². The molecule has 134 valence electrons. The summed E-state index contributed by atoms with van der Waals surface area (Å²) in [6.07, 6.45) is 7.37. The molecule has 4 heteroatoms. The summed E-state index contributed by atoms with van der Waals surface area (Å²) in [7, 11) is 0. The number of hydrogen-bond acceptors (Lipinski definition) is 4. The van der Waals surface area contributed by atoms with Crippen LogP contribution < -0.4 is 10.1 Å². The van der Waals surface area contributed by atoms with Crippen LogP contribution in [0, 0.1) is 0 Å². The molecule has 1 heterocycles. The van der Waals surface area contributed by atoms with Crippen LogP contribution in [0.2, 0.25) is 0 Å². The molecular weight excluding hydrogens is 312 g/mol. The maximum atomic E-state index is 12.9. The fraction of sp³-hybridized carbons (Fsp3) is 0.429. The fourth-order valence-electron chi connectivity index (χ4n) is 2.59. The number of unbranched alkanes of at least 4 members (excludes halogenated alkanes) is 3. The average molecular weight is 340 g/mol. The van der Waals surface area contributed by atoms with Crippen LogP contribution >= 0.6 is 0 Å². The molecule has 1 aromatic heterocycles. The SMILES string of the molecule is CCCCCCNc1ncccc1C(=O)c1cccc(OCCC)c1. The first-order valence-corrected chi connectivity index (χ1v) is 9.22. The topological polar surface area (TPSA) is 51.2 Å². The molecular formula is C21H28N2O2. The largest absolute Gasteiger partial charge is 0.494 e. The molecule has 0 bridgehead atoms. The molecule has 2 rings (SSSR count). The van der Waals surface area contributed by atoms with Gasteiger partial charge in [0.05, 0.1) is 12.2 Å². The molecule has 1 N–H and O–H groups in total. The van der Waals surface area contributed by atoms with E-state index in [0.717, 1.165) is 25.1 Å². The van der Waals surface area contributed by atoms with Crippen LogP contribution in [0.25, 0.3) is 0 Å². The minimum atomic E-state index is -0.0360. The van der Waals surface area contributed by atoms with E-state index in [-0.39, 0.29) is 5.78 Å². The summed E-state index contributed by atoms with van der Waals surface area (Å²) < 4.78 is 5.63. The molecule has 0 spiro atoms. The molecule has 25 heavy (non-hydrogen) atoms. The molecule has 0 aliphatic rings. The zero-order valence-electron chi connectivity index (χ0n) is 15.3. The van der Waals surface area contributed by atoms with E-state index in [4.69, 9.17) is 4.74 Å². The van der Waals surface area contributed by atoms with Gasteiger partial charge in [-0.25, -0.2) is 4.98 Å². The molecule has 0 saturated carbocycles. The molecule has 0 radical (unpaired) electrons. The smallest absolute Gasteiger partial charge is 0.196 e. The second-order valence-electron chi connectivity index (χ2n) is 6.09. The molecule has 4 nitrogen and oxygen atoms in total. The van der Waals surface area contributed by atoms with Gasteiger partial charge in [0.1, 0.15) is 11.6 Å². The third-order valence-electron chi connectivity index (χ3n) is 3.94. The lowest BCUT2D eigenvalue weighted by Gasteiger charge is -2.11. The van der Waals surface area contributed by atoms with Gasteiger partial charge >= 0.3 is 0 Å². The Morgan fingerprint density at radius 2 is 1.96 bits per heavy atom. The number of pyridine rings is 1. The van der Waals surface area contributed by atoms with Crippen LogP contribution in [-0.2, 0) is 0 Å². The van der Waals surface area contributed by atoms with Crippen molar-refractivity contribution in [2.45, 2.75) is 46.0 Å². The third kappa shape index (κ3) is 5.89. The van der Waals surface area contributed by atoms with Crippen LogP contribution in [0.15, 0.2) is 42.6 Å². The Morgan fingerprint density at radius 1 is 1.08 bits per heavy atom. The van der Waals surface area contributed by atoms with Crippen LogP contribution in [0.1, 0.15) is 61.9 Å². The summed E-state index contributed by atoms with van der Waals surface area (Å²) >= 11 is 0. The lowest BCUT2D eigenvalue weighted by Crippen LogP contribution is -2.11. The van der Waals surface area contributed by atoms with Crippen molar-refractivity contribution in [3.05, 3.63) is 53.7 Å². The summed E-state index contributed by atoms with van der Waals surface area (Å²) in [5.41, 5.74) is 1.22. The number of benzene rings is 1. The van der Waals surface area contributed by atoms with Gasteiger partial charge in [-0.05, 0) is 37.1 Å². The highest BCUT2D eigenvalue weighted by molar-refractivity contribution is 6.12. The minimum absolute atomic E-state index is 0.0360. The van der Waals surface area contributed by atoms with Crippen molar-refractivity contribution in [1.82, 2.24) is 4.98 Å². The molecule has 1 aromatic carbocycles. The van der Waals surface area contributed by atoms with E-state index < -0.39 is 0 Å². The van der Waals surface area contributed by atoms with Gasteiger partial charge in [0.25, 0.3) is 0 Å². The summed E-state index contributed by atoms with van der Waals surface area (Å²) in [4.78, 5) is 17.2. The maximum Gasteiger partial charge on any atom is 0.196 e. The average Bonchev–Trinajstić information content (AvgIpc) is 2.66. The number of nitrogens with one attached hydrogen (secondary N) is 1. The number of aromatic nitrogens is 1. The van der Waals surface area contributed by atoms with E-state index in [2.05, 4.69) is 24.1 Å². The molecule has 0 fully saturated rings. The number of rotatable bonds is 11. The van der Waals surface area contributed by atoms with Crippen LogP contribution in [0.4, 0.5) is 5.82 Å². The molecule has 0 saturated heterocycles. The minimum Gasteiger partial charge on any atom is -0.494 e. The van der Waals surface area contributed by atoms with Crippen LogP contribution in [0.3, 0.4) is 0 Å². The van der Waals surface area contributed by atoms with Gasteiger partial charge in [-0.3, -0.25) is 4.79 Å². The lowest BCUT2D eigenvalue weighted by atomic mass is 10.0. The molecule has 0 aliphatic carbocycles. The number of ether oxygens (including phenoxy) is 1. The van der Waals surface area contributed by atoms with E-state index in [0.29, 0.717) is 23.6 Å². The van der Waals surface area contributed by atoms with Crippen LogP contribution in [-0.4, -0.2) is 23.9 Å². The first-order valence-electron chi connectivity index (χ1n) is 9.22. The summed E-state index contributed by atoms with van der Waals surface area (Å²) in [5.74, 6) is 1.35. The lowest BCUT2D eigenvalue weighted by molar-refractivity contribution is 0.103. The van der Waals surface area contributed by atoms with Gasteiger partial charge in [-0.15, -0.1) is 0 Å². The van der Waals surface area contributed by atoms with Crippen molar-refractivity contribution >= 4 is 11.6 Å². The Labute approximate surface area is 150 Å². The summed E-state index contributed by atoms with van der Waals surface area (Å²) in [6.45, 7) is 5.73. The van der Waals surface area contributed by atoms with Crippen molar-refractivity contribution in [2.24, 2.45) is 0 Å². The van der Waals surface area contributed by atoms with Gasteiger partial charge in [0.2, 0.25) is 0 Å². The van der Waals surface area contributed by atoms with Gasteiger partial charge in [0, 0.05) is 18.3 Å². The number of nitrogens with zero attached hydrogens (tertiary/aromatic N) is 1. The van der Waals surface area contributed by atoms with Gasteiger partial charge < -0.3 is 10.1 Å². The Bertz CT molecular complexity index is 670. The number of carbonyl (C=O) groups is 1. The summed E-state index contributed by atoms with van der Waals surface area (Å²) in [6, 6.07) is 11.0. The Balaban J connectivity index is 2.08. The normalized spacial score (nSPS) is 10.5. The molecule has 2 aromatic rings. The first kappa shape index (κ1) is 19.0. The standard InChI is InChI=1S/C21H28N2O2/c1-3-5-6-7-13-22-21-19(12-9-14-23-21)20(24)17-10-8-11-18(16-17)25-15-4-2/h8-12,14,16H,3-7,13,15H2,1-2H3,(H,22,23). The highest BCUT2D eigenvalue weighted by Crippen LogP contribution is 2.20. The zero-order valence-corrected chi connectivity index (χ0v) is 15.3. The second kappa shape index (κ2) is 10.5. The number of carbonyl (C=O) groups excluding carboxylic acids is 1. The molecule has 0 aliphatic heterocycles. The van der Waals surface area contributed by atoms with E-state index >= 15 is 0 Å². The van der Waals surface area contributed by atoms with Crippen molar-refractivity contribution in [1.29, 1.82) is 0 Å². The molecule has 0 atom stereocenters. The quantitative estimate of drug-likeness (QED) is 0.457. The van der Waals surface area contributed by atoms with Crippen LogP contribution in [0.5, 0.6) is 5.75 Å². The predicted molar refractivity (Wildman–Crippen MR) is 103 cm³/mol. The Kier molecular flexibility index (Phi) is 7.96. The molecule has 0 unspecified atom stereocenters. The number of anilines is 1. The van der Waals surface area contributed by atoms with Crippen molar-refractivity contribution in [3.8, 4) is 5.75 Å². The van der Waals surface area contributed by atoms with Gasteiger partial charge in [-0.2, -0.15) is 0 Å². The Hall–Kier alpha value is -2.36. The highest BCUT2D eigenvalue weighted by atomic mass is 16.5. The predicted octanol–water partition coefficient (Wildman–Crippen LogP) is 5.09. The van der Waals surface area contributed by atoms with Crippen molar-refractivity contribution in [3.63, 3.8) is 0 Å². The highest BCUT2D eigenvalue weighted by Gasteiger charge is 2.15. The van der Waals surface area contributed by atoms with E-state index in [1.165, 1.54) is 19.3 Å². The van der Waals surface area contributed by atoms with E-state index in [1.807, 2.05) is 24.3 Å². The number of ketones is 1. The monoisotopic (exact) mass is 340 g/mol. The summed E-state index contributed by atoms with van der Waals surface area (Å²) in [5, 5.41) is 3.31. The van der Waals surface area contributed by atoms with E-state index in [9.17, 15) is 4.79 Å². The first-order chi connectivity index (χ1) is 12.3. The third-order valence-corrected chi connectivity index (χ3v) is 3.94. The maximum absolute atomic E-state index is 12.9. The Morgan fingerprint density at radius 3 is 2.76 bits per heavy atom. The van der Waals surface area contributed by atoms with Crippen molar-refractivity contribution < 1.29 is 9.53 Å². The van der Waals surface area contributed by atoms with Crippen molar-refractivity contribution in [2.75, 3.05) is 18.5 Å². The van der Waals surface area contributed by atoms with Gasteiger partial charge in [-0.1, -0.05) is 45.2 Å². The number of hydrogen-bond donors (Lipinski definition) is 1. The zero-order chi connectivity index (χ0) is 17.9. The molecule has 0 amide bonds. The fourth-order valence-corrected chi connectivity index (χ4v) is 2.59.